The maximum absolute atomic E-state index is 6.05. The highest BCUT2D eigenvalue weighted by atomic mass is 16.5. The lowest BCUT2D eigenvalue weighted by Crippen LogP contribution is -2.21. The monoisotopic (exact) mass is 432 g/mol. The summed E-state index contributed by atoms with van der Waals surface area (Å²) in [6.07, 6.45) is 0.0452. The highest BCUT2D eigenvalue weighted by molar-refractivity contribution is 5.59. The van der Waals surface area contributed by atoms with Gasteiger partial charge in [-0.1, -0.05) is 17.3 Å². The largest absolute Gasteiger partial charge is 0.497 e. The van der Waals surface area contributed by atoms with Crippen molar-refractivity contribution in [1.29, 1.82) is 0 Å². The van der Waals surface area contributed by atoms with Crippen molar-refractivity contribution in [1.82, 2.24) is 19.9 Å². The summed E-state index contributed by atoms with van der Waals surface area (Å²) in [6, 6.07) is 17.5. The highest BCUT2D eigenvalue weighted by Gasteiger charge is 2.24. The molecule has 0 aliphatic carbocycles. The van der Waals surface area contributed by atoms with E-state index in [4.69, 9.17) is 18.7 Å². The molecule has 164 valence electrons. The molecule has 0 spiro atoms. The van der Waals surface area contributed by atoms with Crippen molar-refractivity contribution in [3.8, 4) is 34.5 Å². The third kappa shape index (κ3) is 4.09. The van der Waals surface area contributed by atoms with Crippen LogP contribution in [-0.4, -0.2) is 33.1 Å². The van der Waals surface area contributed by atoms with E-state index in [-0.39, 0.29) is 12.2 Å². The SMILES string of the molecule is COc1ccc([C@H]2Cn3nc(-c4nc(-c5ccc(OC(C)C)cc5)no4)cc3CO2)cc1. The molecule has 0 saturated heterocycles. The van der Waals surface area contributed by atoms with Gasteiger partial charge in [0.25, 0.3) is 5.89 Å². The molecule has 4 aromatic rings. The number of benzene rings is 2. The predicted octanol–water partition coefficient (Wildman–Crippen LogP) is 4.67. The average Bonchev–Trinajstić information content (AvgIpc) is 3.46. The Hall–Kier alpha value is -3.65. The molecule has 2 aromatic carbocycles. The van der Waals surface area contributed by atoms with Crippen molar-refractivity contribution in [2.45, 2.75) is 39.2 Å². The zero-order chi connectivity index (χ0) is 22.1. The number of ether oxygens (including phenoxy) is 3. The Balaban J connectivity index is 1.32. The Bertz CT molecular complexity index is 1200. The van der Waals surface area contributed by atoms with E-state index in [1.165, 1.54) is 0 Å². The summed E-state index contributed by atoms with van der Waals surface area (Å²) in [4.78, 5) is 4.53. The number of hydrogen-bond acceptors (Lipinski definition) is 7. The molecule has 8 nitrogen and oxygen atoms in total. The first-order chi connectivity index (χ1) is 15.6. The van der Waals surface area contributed by atoms with E-state index in [9.17, 15) is 0 Å². The van der Waals surface area contributed by atoms with Crippen LogP contribution < -0.4 is 9.47 Å². The zero-order valence-electron chi connectivity index (χ0n) is 18.2. The van der Waals surface area contributed by atoms with E-state index in [0.29, 0.717) is 30.6 Å². The lowest BCUT2D eigenvalue weighted by atomic mass is 10.1. The van der Waals surface area contributed by atoms with Crippen molar-refractivity contribution in [3.05, 3.63) is 65.9 Å². The zero-order valence-corrected chi connectivity index (χ0v) is 18.2. The summed E-state index contributed by atoms with van der Waals surface area (Å²) in [7, 11) is 1.66. The lowest BCUT2D eigenvalue weighted by Gasteiger charge is -2.24. The minimum Gasteiger partial charge on any atom is -0.497 e. The molecule has 0 unspecified atom stereocenters. The fourth-order valence-corrected chi connectivity index (χ4v) is 3.65. The van der Waals surface area contributed by atoms with Gasteiger partial charge in [0, 0.05) is 5.56 Å². The quantitative estimate of drug-likeness (QED) is 0.438. The second-order valence-corrected chi connectivity index (χ2v) is 7.89. The van der Waals surface area contributed by atoms with Crippen molar-refractivity contribution in [3.63, 3.8) is 0 Å². The second kappa shape index (κ2) is 8.47. The molecule has 2 aromatic heterocycles. The average molecular weight is 432 g/mol. The third-order valence-electron chi connectivity index (χ3n) is 5.25. The molecule has 0 amide bonds. The van der Waals surface area contributed by atoms with Gasteiger partial charge < -0.3 is 18.7 Å². The number of methoxy groups -OCH3 is 1. The summed E-state index contributed by atoms with van der Waals surface area (Å²) in [5.41, 5.74) is 3.54. The molecular weight excluding hydrogens is 408 g/mol. The number of rotatable bonds is 6. The normalized spacial score (nSPS) is 15.6. The van der Waals surface area contributed by atoms with Crippen LogP contribution in [0.3, 0.4) is 0 Å². The van der Waals surface area contributed by atoms with E-state index < -0.39 is 0 Å². The molecule has 0 radical (unpaired) electrons. The van der Waals surface area contributed by atoms with Crippen LogP contribution in [0.1, 0.15) is 31.2 Å². The van der Waals surface area contributed by atoms with Crippen LogP contribution in [0.2, 0.25) is 0 Å². The number of hydrogen-bond donors (Lipinski definition) is 0. The van der Waals surface area contributed by atoms with Crippen molar-refractivity contribution >= 4 is 0 Å². The van der Waals surface area contributed by atoms with E-state index >= 15 is 0 Å². The standard InChI is InChI=1S/C24H24N4O4/c1-15(2)31-20-10-6-17(7-11-20)23-25-24(32-27-23)21-12-18-14-30-22(13-28(18)26-21)16-4-8-19(29-3)9-5-16/h4-12,15,22H,13-14H2,1-3H3/t22-/m1/s1. The Kier molecular flexibility index (Phi) is 5.36. The minimum atomic E-state index is -0.0778. The van der Waals surface area contributed by atoms with Crippen LogP contribution in [0, 0.1) is 0 Å². The van der Waals surface area contributed by atoms with Gasteiger partial charge in [-0.2, -0.15) is 10.1 Å². The predicted molar refractivity (Wildman–Crippen MR) is 117 cm³/mol. The first-order valence-electron chi connectivity index (χ1n) is 10.5. The van der Waals surface area contributed by atoms with Crippen LogP contribution in [0.5, 0.6) is 11.5 Å². The maximum Gasteiger partial charge on any atom is 0.278 e. The number of aromatic nitrogens is 4. The minimum absolute atomic E-state index is 0.0778. The topological polar surface area (TPSA) is 84.4 Å². The van der Waals surface area contributed by atoms with Gasteiger partial charge in [0.2, 0.25) is 5.82 Å². The molecule has 3 heterocycles. The molecular formula is C24H24N4O4. The van der Waals surface area contributed by atoms with E-state index in [2.05, 4.69) is 15.2 Å². The summed E-state index contributed by atoms with van der Waals surface area (Å²) in [6.45, 7) is 5.06. The first-order valence-corrected chi connectivity index (χ1v) is 10.5. The van der Waals surface area contributed by atoms with Gasteiger partial charge in [-0.15, -0.1) is 0 Å². The Labute approximate surface area is 185 Å². The third-order valence-corrected chi connectivity index (χ3v) is 5.25. The molecule has 1 aliphatic heterocycles. The maximum atomic E-state index is 6.05. The van der Waals surface area contributed by atoms with Crippen LogP contribution in [-0.2, 0) is 17.9 Å². The summed E-state index contributed by atoms with van der Waals surface area (Å²) >= 11 is 0. The summed E-state index contributed by atoms with van der Waals surface area (Å²) < 4.78 is 24.4. The van der Waals surface area contributed by atoms with Gasteiger partial charge in [-0.05, 0) is 61.9 Å². The summed E-state index contributed by atoms with van der Waals surface area (Å²) in [5.74, 6) is 2.52. The lowest BCUT2D eigenvalue weighted by molar-refractivity contribution is -0.00115. The van der Waals surface area contributed by atoms with Crippen LogP contribution >= 0.6 is 0 Å². The van der Waals surface area contributed by atoms with Gasteiger partial charge >= 0.3 is 0 Å². The smallest absolute Gasteiger partial charge is 0.278 e. The second-order valence-electron chi connectivity index (χ2n) is 7.89. The first kappa shape index (κ1) is 20.3. The Morgan fingerprint density at radius 1 is 1.03 bits per heavy atom. The van der Waals surface area contributed by atoms with E-state index in [1.54, 1.807) is 7.11 Å². The fourth-order valence-electron chi connectivity index (χ4n) is 3.65. The summed E-state index contributed by atoms with van der Waals surface area (Å²) in [5, 5.41) is 8.80. The van der Waals surface area contributed by atoms with Crippen LogP contribution in [0.15, 0.2) is 59.1 Å². The fraction of sp³-hybridized carbons (Fsp3) is 0.292. The molecule has 5 rings (SSSR count). The number of nitrogens with zero attached hydrogens (tertiary/aromatic N) is 4. The molecule has 32 heavy (non-hydrogen) atoms. The molecule has 0 saturated carbocycles. The Morgan fingerprint density at radius 2 is 1.78 bits per heavy atom. The van der Waals surface area contributed by atoms with Crippen LogP contribution in [0.4, 0.5) is 0 Å². The number of fused-ring (bicyclic) bond motifs is 1. The molecule has 1 aliphatic rings. The molecule has 1 atom stereocenters. The molecule has 0 fully saturated rings. The highest BCUT2D eigenvalue weighted by Crippen LogP contribution is 2.30. The van der Waals surface area contributed by atoms with Gasteiger partial charge in [-0.25, -0.2) is 0 Å². The van der Waals surface area contributed by atoms with Gasteiger partial charge in [0.1, 0.15) is 17.6 Å². The van der Waals surface area contributed by atoms with E-state index in [0.717, 1.165) is 28.3 Å². The van der Waals surface area contributed by atoms with Crippen molar-refractivity contribution < 1.29 is 18.7 Å². The molecule has 0 bridgehead atoms. The van der Waals surface area contributed by atoms with Gasteiger partial charge in [0.15, 0.2) is 5.69 Å². The van der Waals surface area contributed by atoms with Gasteiger partial charge in [0.05, 0.1) is 32.1 Å². The van der Waals surface area contributed by atoms with Gasteiger partial charge in [-0.3, -0.25) is 4.68 Å². The van der Waals surface area contributed by atoms with Crippen molar-refractivity contribution in [2.75, 3.05) is 7.11 Å². The molecule has 0 N–H and O–H groups in total. The van der Waals surface area contributed by atoms with Crippen LogP contribution in [0.25, 0.3) is 23.0 Å². The van der Waals surface area contributed by atoms with E-state index in [1.807, 2.05) is 73.1 Å². The Morgan fingerprint density at radius 3 is 2.50 bits per heavy atom. The van der Waals surface area contributed by atoms with Crippen molar-refractivity contribution in [2.24, 2.45) is 0 Å². The molecule has 8 heteroatoms.